The summed E-state index contributed by atoms with van der Waals surface area (Å²) in [5.74, 6) is 0.325. The maximum absolute atomic E-state index is 12.1. The van der Waals surface area contributed by atoms with Crippen LogP contribution >= 0.6 is 0 Å². The molecule has 1 aliphatic heterocycles. The average molecular weight is 289 g/mol. The van der Waals surface area contributed by atoms with Gasteiger partial charge in [0.05, 0.1) is 6.54 Å². The molecule has 0 radical (unpaired) electrons. The van der Waals surface area contributed by atoms with Gasteiger partial charge in [-0.1, -0.05) is 18.2 Å². The zero-order valence-corrected chi connectivity index (χ0v) is 12.5. The Labute approximate surface area is 125 Å². The van der Waals surface area contributed by atoms with Gasteiger partial charge in [-0.15, -0.1) is 0 Å². The molecule has 1 aromatic rings. The molecule has 0 atom stereocenters. The van der Waals surface area contributed by atoms with Gasteiger partial charge >= 0.3 is 0 Å². The Morgan fingerprint density at radius 3 is 2.57 bits per heavy atom. The number of nitrogens with zero attached hydrogens (tertiary/aromatic N) is 1. The van der Waals surface area contributed by atoms with E-state index in [-0.39, 0.29) is 18.4 Å². The number of nitrogens with one attached hydrogen (secondary N) is 2. The number of likely N-dealkylation sites (N-methyl/N-ethyl adjacent to an activating group) is 1. The van der Waals surface area contributed by atoms with Crippen molar-refractivity contribution in [3.05, 3.63) is 30.3 Å². The van der Waals surface area contributed by atoms with Gasteiger partial charge in [0, 0.05) is 19.2 Å². The molecular formula is C16H23N3O2. The van der Waals surface area contributed by atoms with Crippen LogP contribution in [-0.2, 0) is 9.59 Å². The van der Waals surface area contributed by atoms with Crippen LogP contribution in [0.25, 0.3) is 0 Å². The summed E-state index contributed by atoms with van der Waals surface area (Å²) in [5, 5.41) is 6.08. The predicted molar refractivity (Wildman–Crippen MR) is 82.9 cm³/mol. The smallest absolute Gasteiger partial charge is 0.243 e. The fourth-order valence-corrected chi connectivity index (χ4v) is 2.51. The molecule has 2 N–H and O–H groups in total. The van der Waals surface area contributed by atoms with E-state index in [0.29, 0.717) is 12.3 Å². The molecule has 2 rings (SSSR count). The Balaban J connectivity index is 1.75. The summed E-state index contributed by atoms with van der Waals surface area (Å²) in [7, 11) is 1.69. The van der Waals surface area contributed by atoms with E-state index < -0.39 is 0 Å². The lowest BCUT2D eigenvalue weighted by molar-refractivity contribution is -0.134. The third-order valence-corrected chi connectivity index (χ3v) is 3.79. The van der Waals surface area contributed by atoms with Crippen LogP contribution in [0.3, 0.4) is 0 Å². The number of carbonyl (C=O) groups excluding carboxylic acids is 2. The fourth-order valence-electron chi connectivity index (χ4n) is 2.51. The van der Waals surface area contributed by atoms with Crippen molar-refractivity contribution < 1.29 is 9.59 Å². The third kappa shape index (κ3) is 5.19. The molecule has 0 aromatic heterocycles. The first-order valence-corrected chi connectivity index (χ1v) is 7.44. The number of anilines is 1. The van der Waals surface area contributed by atoms with E-state index in [1.165, 1.54) is 4.90 Å². The van der Waals surface area contributed by atoms with Crippen molar-refractivity contribution in [1.82, 2.24) is 10.2 Å². The minimum atomic E-state index is -0.164. The average Bonchev–Trinajstić information content (AvgIpc) is 2.49. The van der Waals surface area contributed by atoms with E-state index in [4.69, 9.17) is 0 Å². The van der Waals surface area contributed by atoms with Gasteiger partial charge in [-0.3, -0.25) is 9.59 Å². The van der Waals surface area contributed by atoms with Crippen molar-refractivity contribution in [3.63, 3.8) is 0 Å². The normalized spacial score (nSPS) is 15.5. The van der Waals surface area contributed by atoms with Crippen LogP contribution in [0.5, 0.6) is 0 Å². The number of para-hydroxylation sites is 1. The van der Waals surface area contributed by atoms with E-state index >= 15 is 0 Å². The predicted octanol–water partition coefficient (Wildman–Crippen LogP) is 1.47. The first-order valence-electron chi connectivity index (χ1n) is 7.44. The Kier molecular flexibility index (Phi) is 5.75. The minimum Gasteiger partial charge on any atom is -0.336 e. The van der Waals surface area contributed by atoms with Crippen molar-refractivity contribution in [1.29, 1.82) is 0 Å². The van der Waals surface area contributed by atoms with Gasteiger partial charge in [0.25, 0.3) is 0 Å². The van der Waals surface area contributed by atoms with E-state index in [0.717, 1.165) is 31.6 Å². The number of piperidine rings is 1. The summed E-state index contributed by atoms with van der Waals surface area (Å²) in [6.45, 7) is 2.06. The molecule has 0 spiro atoms. The SMILES string of the molecule is CN(CC(=O)Nc1ccccc1)C(=O)CC1CCNCC1. The number of hydrogen-bond donors (Lipinski definition) is 2. The number of benzene rings is 1. The first-order chi connectivity index (χ1) is 10.1. The van der Waals surface area contributed by atoms with Crippen LogP contribution in [0, 0.1) is 5.92 Å². The topological polar surface area (TPSA) is 61.4 Å². The van der Waals surface area contributed by atoms with Gasteiger partial charge in [-0.25, -0.2) is 0 Å². The highest BCUT2D eigenvalue weighted by molar-refractivity contribution is 5.94. The Morgan fingerprint density at radius 2 is 1.90 bits per heavy atom. The molecular weight excluding hydrogens is 266 g/mol. The Bertz CT molecular complexity index is 470. The molecule has 0 bridgehead atoms. The second-order valence-corrected chi connectivity index (χ2v) is 5.56. The quantitative estimate of drug-likeness (QED) is 0.863. The van der Waals surface area contributed by atoms with Crippen LogP contribution in [0.1, 0.15) is 19.3 Å². The Hall–Kier alpha value is -1.88. The molecule has 1 aliphatic rings. The van der Waals surface area contributed by atoms with E-state index in [1.807, 2.05) is 30.3 Å². The zero-order valence-electron chi connectivity index (χ0n) is 12.5. The highest BCUT2D eigenvalue weighted by Gasteiger charge is 2.20. The van der Waals surface area contributed by atoms with Crippen molar-refractivity contribution in [3.8, 4) is 0 Å². The van der Waals surface area contributed by atoms with Gasteiger partial charge in [0.15, 0.2) is 0 Å². The molecule has 1 saturated heterocycles. The van der Waals surface area contributed by atoms with Crippen molar-refractivity contribution >= 4 is 17.5 Å². The van der Waals surface area contributed by atoms with E-state index in [1.54, 1.807) is 7.05 Å². The monoisotopic (exact) mass is 289 g/mol. The number of carbonyl (C=O) groups is 2. The van der Waals surface area contributed by atoms with Gasteiger partial charge in [0.1, 0.15) is 0 Å². The molecule has 5 heteroatoms. The summed E-state index contributed by atoms with van der Waals surface area (Å²) >= 11 is 0. The lowest BCUT2D eigenvalue weighted by Gasteiger charge is -2.24. The van der Waals surface area contributed by atoms with Crippen LogP contribution in [0.15, 0.2) is 30.3 Å². The van der Waals surface area contributed by atoms with Crippen LogP contribution in [0.2, 0.25) is 0 Å². The summed E-state index contributed by atoms with van der Waals surface area (Å²) in [6.07, 6.45) is 2.61. The number of hydrogen-bond acceptors (Lipinski definition) is 3. The summed E-state index contributed by atoms with van der Waals surface area (Å²) < 4.78 is 0. The molecule has 2 amide bonds. The molecule has 0 unspecified atom stereocenters. The fraction of sp³-hybridized carbons (Fsp3) is 0.500. The minimum absolute atomic E-state index is 0.0464. The van der Waals surface area contributed by atoms with Crippen LogP contribution in [0.4, 0.5) is 5.69 Å². The lowest BCUT2D eigenvalue weighted by Crippen LogP contribution is -2.37. The van der Waals surface area contributed by atoms with Crippen molar-refractivity contribution in [2.45, 2.75) is 19.3 Å². The van der Waals surface area contributed by atoms with Gasteiger partial charge < -0.3 is 15.5 Å². The van der Waals surface area contributed by atoms with E-state index in [9.17, 15) is 9.59 Å². The molecule has 21 heavy (non-hydrogen) atoms. The second kappa shape index (κ2) is 7.78. The molecule has 0 aliphatic carbocycles. The molecule has 1 aromatic carbocycles. The molecule has 0 saturated carbocycles. The van der Waals surface area contributed by atoms with E-state index in [2.05, 4.69) is 10.6 Å². The van der Waals surface area contributed by atoms with Crippen molar-refractivity contribution in [2.75, 3.05) is 32.0 Å². The highest BCUT2D eigenvalue weighted by Crippen LogP contribution is 2.16. The maximum atomic E-state index is 12.1. The van der Waals surface area contributed by atoms with Gasteiger partial charge in [0.2, 0.25) is 11.8 Å². The molecule has 1 fully saturated rings. The standard InChI is InChI=1S/C16H23N3O2/c1-19(16(21)11-13-7-9-17-10-8-13)12-15(20)18-14-5-3-2-4-6-14/h2-6,13,17H,7-12H2,1H3,(H,18,20). The second-order valence-electron chi connectivity index (χ2n) is 5.56. The van der Waals surface area contributed by atoms with Crippen LogP contribution < -0.4 is 10.6 Å². The van der Waals surface area contributed by atoms with Crippen LogP contribution in [-0.4, -0.2) is 43.4 Å². The first kappa shape index (κ1) is 15.5. The molecule has 1 heterocycles. The Morgan fingerprint density at radius 1 is 1.24 bits per heavy atom. The van der Waals surface area contributed by atoms with Crippen molar-refractivity contribution in [2.24, 2.45) is 5.92 Å². The van der Waals surface area contributed by atoms with Gasteiger partial charge in [-0.05, 0) is 44.0 Å². The number of rotatable bonds is 5. The summed E-state index contributed by atoms with van der Waals surface area (Å²) in [6, 6.07) is 9.27. The highest BCUT2D eigenvalue weighted by atomic mass is 16.2. The number of amides is 2. The molecule has 114 valence electrons. The lowest BCUT2D eigenvalue weighted by atomic mass is 9.94. The molecule has 5 nitrogen and oxygen atoms in total. The zero-order chi connectivity index (χ0) is 15.1. The maximum Gasteiger partial charge on any atom is 0.243 e. The summed E-state index contributed by atoms with van der Waals surface area (Å²) in [5.41, 5.74) is 0.752. The largest absolute Gasteiger partial charge is 0.336 e. The van der Waals surface area contributed by atoms with Gasteiger partial charge in [-0.2, -0.15) is 0 Å². The summed E-state index contributed by atoms with van der Waals surface area (Å²) in [4.78, 5) is 25.5. The third-order valence-electron chi connectivity index (χ3n) is 3.79.